The van der Waals surface area contributed by atoms with Gasteiger partial charge in [-0.2, -0.15) is 5.26 Å². The molecular weight excluding hydrogens is 350 g/mol. The van der Waals surface area contributed by atoms with Crippen LogP contribution in [0.5, 0.6) is 0 Å². The van der Waals surface area contributed by atoms with E-state index in [1.54, 1.807) is 6.08 Å². The minimum atomic E-state index is -0.418. The zero-order valence-electron chi connectivity index (χ0n) is 16.9. The van der Waals surface area contributed by atoms with Crippen molar-refractivity contribution in [2.24, 2.45) is 0 Å². The van der Waals surface area contributed by atoms with Crippen molar-refractivity contribution in [1.29, 1.82) is 5.26 Å². The van der Waals surface area contributed by atoms with Gasteiger partial charge >= 0.3 is 0 Å². The first-order valence-corrected chi connectivity index (χ1v) is 9.37. The van der Waals surface area contributed by atoms with Gasteiger partial charge in [0.2, 0.25) is 0 Å². The molecule has 5 nitrogen and oxygen atoms in total. The quantitative estimate of drug-likeness (QED) is 0.565. The molecule has 0 bridgehead atoms. The van der Waals surface area contributed by atoms with Crippen molar-refractivity contribution in [3.05, 3.63) is 64.2 Å². The van der Waals surface area contributed by atoms with Crippen LogP contribution < -0.4 is 10.2 Å². The van der Waals surface area contributed by atoms with Gasteiger partial charge in [0.15, 0.2) is 0 Å². The van der Waals surface area contributed by atoms with Crippen molar-refractivity contribution >= 4 is 23.4 Å². The largest absolute Gasteiger partial charge is 0.395 e. The summed E-state index contributed by atoms with van der Waals surface area (Å²) < 4.78 is 0. The summed E-state index contributed by atoms with van der Waals surface area (Å²) in [5.41, 5.74) is 5.48. The Morgan fingerprint density at radius 3 is 2.39 bits per heavy atom. The number of aliphatic hydroxyl groups is 1. The molecule has 28 heavy (non-hydrogen) atoms. The van der Waals surface area contributed by atoms with Crippen LogP contribution in [-0.2, 0) is 4.79 Å². The number of carbonyl (C=O) groups excluding carboxylic acids is 1. The van der Waals surface area contributed by atoms with Gasteiger partial charge in [0.05, 0.1) is 6.61 Å². The number of benzene rings is 2. The molecule has 0 aliphatic rings. The zero-order chi connectivity index (χ0) is 20.7. The maximum Gasteiger partial charge on any atom is 0.266 e. The molecule has 0 saturated heterocycles. The van der Waals surface area contributed by atoms with E-state index in [0.717, 1.165) is 40.2 Å². The number of likely N-dealkylation sites (N-methyl/N-ethyl adjacent to an activating group) is 1. The van der Waals surface area contributed by atoms with Crippen LogP contribution in [0.1, 0.15) is 29.2 Å². The molecule has 0 aliphatic heterocycles. The van der Waals surface area contributed by atoms with Crippen molar-refractivity contribution in [2.45, 2.75) is 27.7 Å². The third-order valence-electron chi connectivity index (χ3n) is 4.75. The molecule has 146 valence electrons. The maximum absolute atomic E-state index is 12.6. The summed E-state index contributed by atoms with van der Waals surface area (Å²) in [5, 5.41) is 21.6. The molecule has 2 aromatic rings. The minimum Gasteiger partial charge on any atom is -0.395 e. The van der Waals surface area contributed by atoms with Crippen molar-refractivity contribution < 1.29 is 9.90 Å². The molecule has 0 heterocycles. The van der Waals surface area contributed by atoms with Crippen LogP contribution >= 0.6 is 0 Å². The van der Waals surface area contributed by atoms with Crippen molar-refractivity contribution in [2.75, 3.05) is 29.9 Å². The number of amides is 1. The Morgan fingerprint density at radius 2 is 1.86 bits per heavy atom. The minimum absolute atomic E-state index is 0.0567. The molecule has 0 saturated carbocycles. The van der Waals surface area contributed by atoms with Gasteiger partial charge in [-0.1, -0.05) is 24.3 Å². The lowest BCUT2D eigenvalue weighted by Crippen LogP contribution is -2.26. The highest BCUT2D eigenvalue weighted by atomic mass is 16.3. The van der Waals surface area contributed by atoms with Crippen LogP contribution in [-0.4, -0.2) is 30.7 Å². The highest BCUT2D eigenvalue weighted by Gasteiger charge is 2.13. The smallest absolute Gasteiger partial charge is 0.266 e. The average molecular weight is 377 g/mol. The topological polar surface area (TPSA) is 76.4 Å². The molecular formula is C23H27N3O2. The Bertz CT molecular complexity index is 906. The van der Waals surface area contributed by atoms with Crippen LogP contribution in [0.4, 0.5) is 11.4 Å². The molecule has 5 heteroatoms. The number of nitrogens with one attached hydrogen (secondary N) is 1. The van der Waals surface area contributed by atoms with E-state index in [2.05, 4.69) is 10.2 Å². The van der Waals surface area contributed by atoms with Gasteiger partial charge in [0.1, 0.15) is 11.6 Å². The number of hydrogen-bond donors (Lipinski definition) is 2. The third kappa shape index (κ3) is 4.99. The molecule has 0 spiro atoms. The second-order valence-electron chi connectivity index (χ2n) is 6.73. The fourth-order valence-electron chi connectivity index (χ4n) is 3.11. The number of aliphatic hydroxyl groups excluding tert-OH is 1. The number of nitriles is 1. The van der Waals surface area contributed by atoms with E-state index in [1.165, 1.54) is 0 Å². The zero-order valence-corrected chi connectivity index (χ0v) is 16.9. The first-order chi connectivity index (χ1) is 13.4. The summed E-state index contributed by atoms with van der Waals surface area (Å²) in [6.45, 7) is 9.26. The van der Waals surface area contributed by atoms with Crippen LogP contribution in [0, 0.1) is 32.1 Å². The molecule has 0 radical (unpaired) electrons. The summed E-state index contributed by atoms with van der Waals surface area (Å²) in [6.07, 6.45) is 1.62. The van der Waals surface area contributed by atoms with E-state index >= 15 is 0 Å². The summed E-state index contributed by atoms with van der Waals surface area (Å²) in [7, 11) is 0. The van der Waals surface area contributed by atoms with E-state index in [9.17, 15) is 15.2 Å². The molecule has 0 aromatic heterocycles. The first kappa shape index (κ1) is 21.2. The highest BCUT2D eigenvalue weighted by Crippen LogP contribution is 2.23. The van der Waals surface area contributed by atoms with Gasteiger partial charge in [-0.05, 0) is 68.2 Å². The van der Waals surface area contributed by atoms with Crippen LogP contribution in [0.15, 0.2) is 42.0 Å². The second kappa shape index (κ2) is 9.72. The van der Waals surface area contributed by atoms with Gasteiger partial charge in [0, 0.05) is 24.5 Å². The molecule has 2 rings (SSSR count). The monoisotopic (exact) mass is 377 g/mol. The first-order valence-electron chi connectivity index (χ1n) is 9.37. The van der Waals surface area contributed by atoms with E-state index in [4.69, 9.17) is 0 Å². The predicted molar refractivity (Wildman–Crippen MR) is 114 cm³/mol. The Labute approximate surface area is 166 Å². The number of hydrogen-bond acceptors (Lipinski definition) is 4. The standard InChI is InChI=1S/C23H27N3O2/c1-5-26(11-12-27)21-10-9-19(18(4)13-21)14-20(15-24)23(28)25-22-16(2)7-6-8-17(22)3/h6-10,13-14,27H,5,11-12H2,1-4H3,(H,25,28)/b20-14+. The van der Waals surface area contributed by atoms with Crippen molar-refractivity contribution in [3.8, 4) is 6.07 Å². The summed E-state index contributed by atoms with van der Waals surface area (Å²) in [5.74, 6) is -0.418. The number of carbonyl (C=O) groups is 1. The molecule has 0 unspecified atom stereocenters. The van der Waals surface area contributed by atoms with E-state index in [-0.39, 0.29) is 12.2 Å². The molecule has 0 fully saturated rings. The molecule has 0 aliphatic carbocycles. The molecule has 2 N–H and O–H groups in total. The summed E-state index contributed by atoms with van der Waals surface area (Å²) >= 11 is 0. The third-order valence-corrected chi connectivity index (χ3v) is 4.75. The number of aryl methyl sites for hydroxylation is 3. The van der Waals surface area contributed by atoms with Gasteiger partial charge < -0.3 is 15.3 Å². The second-order valence-corrected chi connectivity index (χ2v) is 6.73. The van der Waals surface area contributed by atoms with Crippen molar-refractivity contribution in [1.82, 2.24) is 0 Å². The SMILES string of the molecule is CCN(CCO)c1ccc(/C=C(\C#N)C(=O)Nc2c(C)cccc2C)c(C)c1. The lowest BCUT2D eigenvalue weighted by atomic mass is 10.0. The number of nitrogens with zero attached hydrogens (tertiary/aromatic N) is 2. The fraction of sp³-hybridized carbons (Fsp3) is 0.304. The van der Waals surface area contributed by atoms with Gasteiger partial charge in [-0.3, -0.25) is 4.79 Å². The number of anilines is 2. The van der Waals surface area contributed by atoms with Crippen LogP contribution in [0.2, 0.25) is 0 Å². The Balaban J connectivity index is 2.29. The van der Waals surface area contributed by atoms with E-state index in [1.807, 2.05) is 70.2 Å². The van der Waals surface area contributed by atoms with Gasteiger partial charge in [-0.25, -0.2) is 0 Å². The number of para-hydroxylation sites is 1. The fourth-order valence-corrected chi connectivity index (χ4v) is 3.11. The predicted octanol–water partition coefficient (Wildman–Crippen LogP) is 3.98. The molecule has 1 amide bonds. The van der Waals surface area contributed by atoms with Crippen LogP contribution in [0.3, 0.4) is 0 Å². The highest BCUT2D eigenvalue weighted by molar-refractivity contribution is 6.10. The summed E-state index contributed by atoms with van der Waals surface area (Å²) in [4.78, 5) is 14.7. The van der Waals surface area contributed by atoms with Gasteiger partial charge in [0.25, 0.3) is 5.91 Å². The average Bonchev–Trinajstić information content (AvgIpc) is 2.68. The Hall–Kier alpha value is -3.10. The normalized spacial score (nSPS) is 11.1. The van der Waals surface area contributed by atoms with E-state index < -0.39 is 5.91 Å². The lowest BCUT2D eigenvalue weighted by Gasteiger charge is -2.22. The molecule has 2 aromatic carbocycles. The van der Waals surface area contributed by atoms with E-state index in [0.29, 0.717) is 6.54 Å². The Kier molecular flexibility index (Phi) is 7.36. The summed E-state index contributed by atoms with van der Waals surface area (Å²) in [6, 6.07) is 13.6. The van der Waals surface area contributed by atoms with Gasteiger partial charge in [-0.15, -0.1) is 0 Å². The molecule has 0 atom stereocenters. The van der Waals surface area contributed by atoms with Crippen LogP contribution in [0.25, 0.3) is 6.08 Å². The maximum atomic E-state index is 12.6. The Morgan fingerprint density at radius 1 is 1.18 bits per heavy atom. The number of rotatable bonds is 7. The lowest BCUT2D eigenvalue weighted by molar-refractivity contribution is -0.112. The van der Waals surface area contributed by atoms with Crippen molar-refractivity contribution in [3.63, 3.8) is 0 Å².